The van der Waals surface area contributed by atoms with Crippen molar-refractivity contribution in [2.24, 2.45) is 10.1 Å². The minimum Gasteiger partial charge on any atom is -0.326 e. The molecule has 0 saturated heterocycles. The number of carbonyl (C=O) groups excluding carboxylic acids is 1. The molecule has 0 spiro atoms. The summed E-state index contributed by atoms with van der Waals surface area (Å²) in [5.74, 6) is 0.772. The van der Waals surface area contributed by atoms with Gasteiger partial charge in [-0.2, -0.15) is 5.10 Å². The Morgan fingerprint density at radius 1 is 1.04 bits per heavy atom. The number of amides is 1. The van der Waals surface area contributed by atoms with Gasteiger partial charge in [0.25, 0.3) is 0 Å². The van der Waals surface area contributed by atoms with E-state index < -0.39 is 0 Å². The highest BCUT2D eigenvalue weighted by atomic mass is 32.2. The predicted molar refractivity (Wildman–Crippen MR) is 112 cm³/mol. The van der Waals surface area contributed by atoms with Crippen molar-refractivity contribution >= 4 is 50.7 Å². The number of amidine groups is 1. The third-order valence-corrected chi connectivity index (χ3v) is 5.56. The maximum Gasteiger partial charge on any atom is 0.228 e. The number of aliphatic imine (C=N–C) groups is 1. The zero-order chi connectivity index (χ0) is 18.2. The van der Waals surface area contributed by atoms with E-state index in [1.165, 1.54) is 5.39 Å². The summed E-state index contributed by atoms with van der Waals surface area (Å²) in [7, 11) is 0. The smallest absolute Gasteiger partial charge is 0.228 e. The van der Waals surface area contributed by atoms with Crippen molar-refractivity contribution in [1.29, 1.82) is 0 Å². The number of thioether (sulfide) groups is 1. The molecule has 27 heavy (non-hydrogen) atoms. The lowest BCUT2D eigenvalue weighted by atomic mass is 10.1. The highest BCUT2D eigenvalue weighted by Gasteiger charge is 2.20. The zero-order valence-corrected chi connectivity index (χ0v) is 15.2. The van der Waals surface area contributed by atoms with Crippen molar-refractivity contribution < 1.29 is 4.79 Å². The number of rotatable bonds is 2. The van der Waals surface area contributed by atoms with Crippen molar-refractivity contribution in [2.75, 3.05) is 11.1 Å². The zero-order valence-electron chi connectivity index (χ0n) is 14.4. The van der Waals surface area contributed by atoms with E-state index >= 15 is 0 Å². The number of carbonyl (C=O) groups is 1. The maximum atomic E-state index is 11.5. The van der Waals surface area contributed by atoms with Crippen LogP contribution in [0.5, 0.6) is 0 Å². The van der Waals surface area contributed by atoms with Crippen molar-refractivity contribution in [3.8, 4) is 0 Å². The molecule has 132 valence electrons. The fourth-order valence-electron chi connectivity index (χ4n) is 3.33. The molecular formula is C21H16N4OS. The molecule has 0 fully saturated rings. The van der Waals surface area contributed by atoms with Gasteiger partial charge in [0, 0.05) is 22.4 Å². The molecule has 6 heteroatoms. The van der Waals surface area contributed by atoms with E-state index in [1.807, 2.05) is 42.5 Å². The lowest BCUT2D eigenvalue weighted by Crippen LogP contribution is -2.25. The fraction of sp³-hybridized carbons (Fsp3) is 0.0952. The topological polar surface area (TPSA) is 65.8 Å². The van der Waals surface area contributed by atoms with Gasteiger partial charge < -0.3 is 5.32 Å². The summed E-state index contributed by atoms with van der Waals surface area (Å²) >= 11 is 1.62. The second-order valence-electron chi connectivity index (χ2n) is 6.47. The van der Waals surface area contributed by atoms with Crippen LogP contribution in [0.15, 0.2) is 70.8 Å². The molecule has 0 aromatic heterocycles. The molecule has 2 heterocycles. The van der Waals surface area contributed by atoms with Crippen LogP contribution < -0.4 is 10.7 Å². The van der Waals surface area contributed by atoms with Crippen LogP contribution in [0.25, 0.3) is 10.8 Å². The molecule has 3 aromatic rings. The Balaban J connectivity index is 1.40. The number of nitrogens with one attached hydrogen (secondary N) is 2. The van der Waals surface area contributed by atoms with E-state index in [4.69, 9.17) is 4.99 Å². The van der Waals surface area contributed by atoms with Gasteiger partial charge in [0.05, 0.1) is 17.8 Å². The second-order valence-corrected chi connectivity index (χ2v) is 7.44. The van der Waals surface area contributed by atoms with E-state index in [-0.39, 0.29) is 5.91 Å². The van der Waals surface area contributed by atoms with Gasteiger partial charge >= 0.3 is 0 Å². The van der Waals surface area contributed by atoms with E-state index in [9.17, 15) is 4.79 Å². The summed E-state index contributed by atoms with van der Waals surface area (Å²) in [6.45, 7) is 0. The predicted octanol–water partition coefficient (Wildman–Crippen LogP) is 4.06. The quantitative estimate of drug-likeness (QED) is 0.713. The van der Waals surface area contributed by atoms with Crippen molar-refractivity contribution in [2.45, 2.75) is 6.42 Å². The fourth-order valence-corrected chi connectivity index (χ4v) is 4.11. The van der Waals surface area contributed by atoms with E-state index in [0.29, 0.717) is 6.42 Å². The van der Waals surface area contributed by atoms with Crippen LogP contribution in [0.3, 0.4) is 0 Å². The Hall–Kier alpha value is -3.12. The van der Waals surface area contributed by atoms with Crippen LogP contribution in [-0.4, -0.2) is 22.5 Å². The first-order valence-corrected chi connectivity index (χ1v) is 9.70. The molecule has 0 aliphatic carbocycles. The van der Waals surface area contributed by atoms with Crippen molar-refractivity contribution in [3.63, 3.8) is 0 Å². The van der Waals surface area contributed by atoms with Gasteiger partial charge in [-0.1, -0.05) is 60.3 Å². The minimum atomic E-state index is 0.0461. The molecule has 1 amide bonds. The number of hydrazone groups is 1. The van der Waals surface area contributed by atoms with Gasteiger partial charge in [0.1, 0.15) is 0 Å². The molecule has 0 saturated carbocycles. The second kappa shape index (κ2) is 6.55. The van der Waals surface area contributed by atoms with Gasteiger partial charge in [-0.15, -0.1) is 0 Å². The summed E-state index contributed by atoms with van der Waals surface area (Å²) in [6.07, 6.45) is 0.455. The van der Waals surface area contributed by atoms with Crippen LogP contribution in [0.2, 0.25) is 0 Å². The molecule has 2 aliphatic rings. The van der Waals surface area contributed by atoms with Crippen LogP contribution in [0.1, 0.15) is 11.1 Å². The maximum absolute atomic E-state index is 11.5. The van der Waals surface area contributed by atoms with Gasteiger partial charge in [0.2, 0.25) is 5.91 Å². The molecule has 0 bridgehead atoms. The average Bonchev–Trinajstić information content (AvgIpc) is 3.08. The van der Waals surface area contributed by atoms with Gasteiger partial charge in [-0.25, -0.2) is 4.99 Å². The Labute approximate surface area is 160 Å². The summed E-state index contributed by atoms with van der Waals surface area (Å²) in [5.41, 5.74) is 7.89. The molecule has 2 N–H and O–H groups in total. The first-order chi connectivity index (χ1) is 13.3. The summed E-state index contributed by atoms with van der Waals surface area (Å²) in [5, 5.41) is 10.5. The van der Waals surface area contributed by atoms with Crippen LogP contribution >= 0.6 is 11.8 Å². The standard InChI is InChI=1S/C21H16N4OS/c26-20-11-15-9-8-14(10-18(15)22-20)19-12-27-21(25-24-19)23-17-7-3-5-13-4-1-2-6-16(13)17/h1-10H,11-12H2,(H,22,26)(H,23,25). The largest absolute Gasteiger partial charge is 0.326 e. The Morgan fingerprint density at radius 2 is 1.93 bits per heavy atom. The number of anilines is 1. The number of hydrogen-bond acceptors (Lipinski definition) is 4. The van der Waals surface area contributed by atoms with Crippen LogP contribution in [0.4, 0.5) is 11.4 Å². The molecular weight excluding hydrogens is 356 g/mol. The third-order valence-electron chi connectivity index (χ3n) is 4.69. The molecule has 5 rings (SSSR count). The average molecular weight is 372 g/mol. The molecule has 0 radical (unpaired) electrons. The molecule has 0 unspecified atom stereocenters. The van der Waals surface area contributed by atoms with Crippen molar-refractivity contribution in [3.05, 3.63) is 71.8 Å². The van der Waals surface area contributed by atoms with E-state index in [0.717, 1.165) is 44.5 Å². The lowest BCUT2D eigenvalue weighted by Gasteiger charge is -2.15. The van der Waals surface area contributed by atoms with Crippen molar-refractivity contribution in [1.82, 2.24) is 5.43 Å². The Morgan fingerprint density at radius 3 is 2.81 bits per heavy atom. The van der Waals surface area contributed by atoms with Crippen LogP contribution in [0, 0.1) is 0 Å². The molecule has 2 aliphatic heterocycles. The van der Waals surface area contributed by atoms with E-state index in [2.05, 4.69) is 34.0 Å². The van der Waals surface area contributed by atoms with Gasteiger partial charge in [-0.3, -0.25) is 10.2 Å². The summed E-state index contributed by atoms with van der Waals surface area (Å²) in [4.78, 5) is 16.3. The first kappa shape index (κ1) is 16.1. The minimum absolute atomic E-state index is 0.0461. The molecule has 5 nitrogen and oxygen atoms in total. The van der Waals surface area contributed by atoms with Gasteiger partial charge in [0.15, 0.2) is 5.17 Å². The van der Waals surface area contributed by atoms with Gasteiger partial charge in [-0.05, 0) is 23.1 Å². The normalized spacial score (nSPS) is 17.4. The third kappa shape index (κ3) is 3.08. The molecule has 0 atom stereocenters. The monoisotopic (exact) mass is 372 g/mol. The SMILES string of the molecule is O=C1Cc2ccc(C3=NNC(=Nc4cccc5ccccc45)SC3)cc2N1. The molecule has 3 aromatic carbocycles. The summed E-state index contributed by atoms with van der Waals surface area (Å²) in [6, 6.07) is 20.3. The lowest BCUT2D eigenvalue weighted by molar-refractivity contribution is -0.115. The highest BCUT2D eigenvalue weighted by molar-refractivity contribution is 8.14. The Bertz CT molecular complexity index is 1130. The Kier molecular flexibility index (Phi) is 3.90. The van der Waals surface area contributed by atoms with E-state index in [1.54, 1.807) is 11.8 Å². The van der Waals surface area contributed by atoms with Crippen LogP contribution in [-0.2, 0) is 11.2 Å². The summed E-state index contributed by atoms with van der Waals surface area (Å²) < 4.78 is 0. The number of nitrogens with zero attached hydrogens (tertiary/aromatic N) is 2. The number of fused-ring (bicyclic) bond motifs is 2. The number of hydrogen-bond donors (Lipinski definition) is 2. The highest BCUT2D eigenvalue weighted by Crippen LogP contribution is 2.28. The number of benzene rings is 3. The first-order valence-electron chi connectivity index (χ1n) is 8.71.